The molecule has 1 aliphatic carbocycles. The summed E-state index contributed by atoms with van der Waals surface area (Å²) in [7, 11) is 3.70. The minimum absolute atomic E-state index is 0.00601. The van der Waals surface area contributed by atoms with Crippen LogP contribution in [0.2, 0.25) is 0 Å². The van der Waals surface area contributed by atoms with Crippen molar-refractivity contribution in [2.45, 2.75) is 43.7 Å². The van der Waals surface area contributed by atoms with Gasteiger partial charge < -0.3 is 14.4 Å². The predicted octanol–water partition coefficient (Wildman–Crippen LogP) is 5.46. The first kappa shape index (κ1) is 27.1. The maximum absolute atomic E-state index is 13.8. The summed E-state index contributed by atoms with van der Waals surface area (Å²) in [6.45, 7) is 8.01. The molecule has 1 aliphatic heterocycles. The summed E-state index contributed by atoms with van der Waals surface area (Å²) < 4.78 is 11.7. The number of hydrogen-bond acceptors (Lipinski definition) is 5. The first-order chi connectivity index (χ1) is 18.8. The zero-order chi connectivity index (χ0) is 27.6. The van der Waals surface area contributed by atoms with Gasteiger partial charge in [0.2, 0.25) is 0 Å². The number of hydrogen-bond donors (Lipinski definition) is 0. The molecule has 6 heteroatoms. The molecule has 39 heavy (non-hydrogen) atoms. The van der Waals surface area contributed by atoms with Gasteiger partial charge in [0, 0.05) is 57.1 Å². The third kappa shape index (κ3) is 5.36. The van der Waals surface area contributed by atoms with E-state index in [0.717, 1.165) is 55.2 Å². The van der Waals surface area contributed by atoms with Gasteiger partial charge in [0.1, 0.15) is 5.75 Å². The van der Waals surface area contributed by atoms with E-state index in [1.807, 2.05) is 72.6 Å². The third-order valence-corrected chi connectivity index (χ3v) is 8.82. The van der Waals surface area contributed by atoms with Gasteiger partial charge in [-0.2, -0.15) is 0 Å². The normalized spacial score (nSPS) is 25.1. The Morgan fingerprint density at radius 2 is 1.90 bits per heavy atom. The monoisotopic (exact) mass is 526 g/mol. The van der Waals surface area contributed by atoms with Crippen molar-refractivity contribution >= 4 is 22.6 Å². The van der Waals surface area contributed by atoms with Crippen molar-refractivity contribution < 1.29 is 19.1 Å². The number of benzene rings is 3. The molecule has 0 radical (unpaired) electrons. The lowest BCUT2D eigenvalue weighted by atomic mass is 9.56. The highest BCUT2D eigenvalue weighted by Gasteiger charge is 2.53. The Labute approximate surface area is 231 Å². The highest BCUT2D eigenvalue weighted by molar-refractivity contribution is 5.98. The van der Waals surface area contributed by atoms with Crippen molar-refractivity contribution in [3.63, 3.8) is 0 Å². The summed E-state index contributed by atoms with van der Waals surface area (Å²) in [6.07, 6.45) is 4.44. The van der Waals surface area contributed by atoms with Crippen molar-refractivity contribution in [1.82, 2.24) is 9.80 Å². The summed E-state index contributed by atoms with van der Waals surface area (Å²) in [5.41, 5.74) is 1.61. The molecule has 6 nitrogen and oxygen atoms in total. The van der Waals surface area contributed by atoms with Gasteiger partial charge in [-0.05, 0) is 66.4 Å². The van der Waals surface area contributed by atoms with Gasteiger partial charge in [-0.25, -0.2) is 0 Å². The van der Waals surface area contributed by atoms with Crippen LogP contribution in [-0.4, -0.2) is 67.6 Å². The van der Waals surface area contributed by atoms with Gasteiger partial charge in [0.15, 0.2) is 0 Å². The SMILES string of the molecule is C=CCN1CCC2(c3cccc(OC(C)=O)c3)CC(N(C)C(=O)c3ccc4ccccc4c3)CC(OC)C2C1. The van der Waals surface area contributed by atoms with E-state index in [2.05, 4.69) is 23.6 Å². The first-order valence-corrected chi connectivity index (χ1v) is 13.8. The zero-order valence-corrected chi connectivity index (χ0v) is 23.1. The smallest absolute Gasteiger partial charge is 0.308 e. The van der Waals surface area contributed by atoms with E-state index in [9.17, 15) is 9.59 Å². The van der Waals surface area contributed by atoms with Crippen LogP contribution in [0, 0.1) is 5.92 Å². The molecule has 1 amide bonds. The Hall–Kier alpha value is -3.48. The number of likely N-dealkylation sites (tertiary alicyclic amines) is 1. The van der Waals surface area contributed by atoms with E-state index in [1.54, 1.807) is 7.11 Å². The van der Waals surface area contributed by atoms with Crippen molar-refractivity contribution in [3.05, 3.63) is 90.5 Å². The van der Waals surface area contributed by atoms with Crippen LogP contribution >= 0.6 is 0 Å². The van der Waals surface area contributed by atoms with E-state index >= 15 is 0 Å². The Balaban J connectivity index is 1.50. The standard InChI is InChI=1S/C33H38N2O4/c1-5-16-35-17-15-33(27-11-8-12-29(19-27)39-23(2)36)21-28(20-31(38-4)30(33)22-35)34(3)32(37)26-14-13-24-9-6-7-10-25(24)18-26/h5-14,18-19,28,30-31H,1,15-17,20-22H2,2-4H3. The lowest BCUT2D eigenvalue weighted by Crippen LogP contribution is -2.61. The van der Waals surface area contributed by atoms with Crippen LogP contribution in [0.5, 0.6) is 5.75 Å². The van der Waals surface area contributed by atoms with Crippen molar-refractivity contribution in [2.75, 3.05) is 33.8 Å². The molecule has 1 saturated heterocycles. The molecular formula is C33H38N2O4. The topological polar surface area (TPSA) is 59.1 Å². The van der Waals surface area contributed by atoms with Crippen LogP contribution in [0.1, 0.15) is 42.1 Å². The number of amides is 1. The maximum atomic E-state index is 13.8. The lowest BCUT2D eigenvalue weighted by molar-refractivity contribution is -0.131. The molecule has 4 unspecified atom stereocenters. The van der Waals surface area contributed by atoms with Gasteiger partial charge in [0.05, 0.1) is 6.10 Å². The summed E-state index contributed by atoms with van der Waals surface area (Å²) in [4.78, 5) is 29.9. The number of rotatable bonds is 7. The Morgan fingerprint density at radius 1 is 1.10 bits per heavy atom. The summed E-state index contributed by atoms with van der Waals surface area (Å²) in [6, 6.07) is 22.0. The van der Waals surface area contributed by atoms with Crippen molar-refractivity contribution in [3.8, 4) is 5.75 Å². The number of carbonyl (C=O) groups excluding carboxylic acids is 2. The van der Waals surface area contributed by atoms with Crippen LogP contribution in [0.15, 0.2) is 79.4 Å². The summed E-state index contributed by atoms with van der Waals surface area (Å²) in [5, 5.41) is 2.18. The van der Waals surface area contributed by atoms with Gasteiger partial charge in [-0.3, -0.25) is 14.5 Å². The van der Waals surface area contributed by atoms with E-state index in [-0.39, 0.29) is 35.4 Å². The van der Waals surface area contributed by atoms with E-state index in [1.165, 1.54) is 6.92 Å². The number of nitrogens with zero attached hydrogens (tertiary/aromatic N) is 2. The Bertz CT molecular complexity index is 1370. The van der Waals surface area contributed by atoms with E-state index < -0.39 is 0 Å². The zero-order valence-electron chi connectivity index (χ0n) is 23.1. The van der Waals surface area contributed by atoms with E-state index in [0.29, 0.717) is 11.3 Å². The Morgan fingerprint density at radius 3 is 2.64 bits per heavy atom. The lowest BCUT2D eigenvalue weighted by Gasteiger charge is -2.56. The fraction of sp³-hybridized carbons (Fsp3) is 0.394. The first-order valence-electron chi connectivity index (χ1n) is 13.8. The van der Waals surface area contributed by atoms with Gasteiger partial charge in [-0.15, -0.1) is 6.58 Å². The molecule has 4 atom stereocenters. The average Bonchev–Trinajstić information content (AvgIpc) is 2.95. The number of fused-ring (bicyclic) bond motifs is 2. The summed E-state index contributed by atoms with van der Waals surface area (Å²) in [5.74, 6) is 0.466. The highest BCUT2D eigenvalue weighted by Crippen LogP contribution is 2.51. The van der Waals surface area contributed by atoms with Crippen LogP contribution in [0.3, 0.4) is 0 Å². The molecule has 2 aliphatic rings. The molecule has 0 spiro atoms. The minimum atomic E-state index is -0.334. The molecule has 204 valence electrons. The predicted molar refractivity (Wildman–Crippen MR) is 154 cm³/mol. The number of ether oxygens (including phenoxy) is 2. The second kappa shape index (κ2) is 11.3. The van der Waals surface area contributed by atoms with Crippen LogP contribution in [0.4, 0.5) is 0 Å². The molecule has 2 fully saturated rings. The molecular weight excluding hydrogens is 488 g/mol. The molecule has 3 aromatic carbocycles. The van der Waals surface area contributed by atoms with Crippen LogP contribution in [0.25, 0.3) is 10.8 Å². The minimum Gasteiger partial charge on any atom is -0.427 e. The number of piperidine rings is 1. The number of methoxy groups -OCH3 is 1. The highest BCUT2D eigenvalue weighted by atomic mass is 16.5. The van der Waals surface area contributed by atoms with Crippen molar-refractivity contribution in [1.29, 1.82) is 0 Å². The quantitative estimate of drug-likeness (QED) is 0.232. The van der Waals surface area contributed by atoms with Crippen molar-refractivity contribution in [2.24, 2.45) is 5.92 Å². The third-order valence-electron chi connectivity index (χ3n) is 8.82. The van der Waals surface area contributed by atoms with Gasteiger partial charge in [-0.1, -0.05) is 48.5 Å². The number of carbonyl (C=O) groups is 2. The molecule has 0 N–H and O–H groups in total. The van der Waals surface area contributed by atoms with Gasteiger partial charge >= 0.3 is 5.97 Å². The van der Waals surface area contributed by atoms with E-state index in [4.69, 9.17) is 9.47 Å². The van der Waals surface area contributed by atoms with Gasteiger partial charge in [0.25, 0.3) is 5.91 Å². The second-order valence-corrected chi connectivity index (χ2v) is 11.0. The number of esters is 1. The Kier molecular flexibility index (Phi) is 7.87. The molecule has 3 aromatic rings. The molecule has 5 rings (SSSR count). The maximum Gasteiger partial charge on any atom is 0.308 e. The molecule has 1 saturated carbocycles. The van der Waals surface area contributed by atoms with Crippen LogP contribution < -0.4 is 4.74 Å². The van der Waals surface area contributed by atoms with Crippen LogP contribution in [-0.2, 0) is 14.9 Å². The fourth-order valence-corrected chi connectivity index (χ4v) is 6.86. The molecule has 0 bridgehead atoms. The summed E-state index contributed by atoms with van der Waals surface area (Å²) >= 11 is 0. The molecule has 1 heterocycles. The fourth-order valence-electron chi connectivity index (χ4n) is 6.86. The second-order valence-electron chi connectivity index (χ2n) is 11.0. The largest absolute Gasteiger partial charge is 0.427 e. The average molecular weight is 527 g/mol. The molecule has 0 aromatic heterocycles.